The molecule has 0 aromatic heterocycles. The number of carbonyl (C=O) groups excluding carboxylic acids is 2. The van der Waals surface area contributed by atoms with E-state index in [9.17, 15) is 14.7 Å². The van der Waals surface area contributed by atoms with Crippen LogP contribution in [0.4, 0.5) is 5.69 Å². The second kappa shape index (κ2) is 29.0. The van der Waals surface area contributed by atoms with Crippen molar-refractivity contribution in [2.75, 3.05) is 152 Å². The van der Waals surface area contributed by atoms with Gasteiger partial charge in [-0.05, 0) is 59.7 Å². The fourth-order valence-electron chi connectivity index (χ4n) is 8.16. The third-order valence-electron chi connectivity index (χ3n) is 11.5. The molecule has 6 rings (SSSR count). The maximum absolute atomic E-state index is 14.7. The van der Waals surface area contributed by atoms with E-state index in [2.05, 4.69) is 5.32 Å². The lowest BCUT2D eigenvalue weighted by molar-refractivity contribution is -0.126. The van der Waals surface area contributed by atoms with Gasteiger partial charge in [0.15, 0.2) is 23.0 Å². The van der Waals surface area contributed by atoms with Crippen LogP contribution >= 0.6 is 0 Å². The van der Waals surface area contributed by atoms with Crippen molar-refractivity contribution in [2.45, 2.75) is 18.9 Å². The molecule has 2 amide bonds. The number of nitrogens with two attached hydrogens (primary N) is 1. The van der Waals surface area contributed by atoms with Crippen molar-refractivity contribution in [2.24, 2.45) is 22.8 Å². The second-order valence-electron chi connectivity index (χ2n) is 15.7. The molecule has 0 spiro atoms. The number of anilines is 1. The van der Waals surface area contributed by atoms with Crippen molar-refractivity contribution in [1.82, 2.24) is 10.7 Å². The van der Waals surface area contributed by atoms with E-state index >= 15 is 0 Å². The van der Waals surface area contributed by atoms with E-state index in [4.69, 9.17) is 72.5 Å². The molecule has 21 nitrogen and oxygen atoms in total. The first-order valence-corrected chi connectivity index (χ1v) is 23.1. The van der Waals surface area contributed by atoms with Gasteiger partial charge in [-0.15, -0.1) is 0 Å². The number of hydrogen-bond donors (Lipinski definition) is 4. The summed E-state index contributed by atoms with van der Waals surface area (Å²) >= 11 is 0. The van der Waals surface area contributed by atoms with Gasteiger partial charge in [0.1, 0.15) is 5.75 Å². The summed E-state index contributed by atoms with van der Waals surface area (Å²) in [7, 11) is 4.69. The molecule has 21 heteroatoms. The summed E-state index contributed by atoms with van der Waals surface area (Å²) < 4.78 is 72.8. The standard InChI is InChI=1S/C48H67N5O16/c1-57-36-6-4-35(5-7-36)53-30-39-45(44(33-26-34(31-54)47(59-3)42(27-33)58-2)37-28-40-41(69-32-68-40)29-38(37)46(39)52-53)48(56)50-9-11-61-13-15-63-17-19-65-21-23-67-25-24-66-22-20-64-18-16-62-14-12-60-10-8-43(55)51-49/h4-7,26-29,39,44-45,54H,8-25,30-32,49H2,1-3H3,(H,50,56)(H,51,55)/t39-,44+,45-/m0/s1. The van der Waals surface area contributed by atoms with Crippen molar-refractivity contribution in [3.05, 3.63) is 70.8 Å². The summed E-state index contributed by atoms with van der Waals surface area (Å²) in [6, 6.07) is 15.3. The van der Waals surface area contributed by atoms with Gasteiger partial charge in [0, 0.05) is 29.5 Å². The molecule has 0 radical (unpaired) electrons. The number of nitrogens with one attached hydrogen (secondary N) is 2. The largest absolute Gasteiger partial charge is 0.497 e. The van der Waals surface area contributed by atoms with E-state index in [0.29, 0.717) is 134 Å². The number of nitrogens with zero attached hydrogens (tertiary/aromatic N) is 2. The molecule has 5 N–H and O–H groups in total. The highest BCUT2D eigenvalue weighted by molar-refractivity contribution is 6.10. The first-order chi connectivity index (χ1) is 33.9. The highest BCUT2D eigenvalue weighted by Gasteiger charge is 2.49. The number of hydrazone groups is 1. The minimum atomic E-state index is -0.640. The molecule has 1 aliphatic carbocycles. The first-order valence-electron chi connectivity index (χ1n) is 23.1. The number of benzene rings is 3. The maximum Gasteiger partial charge on any atom is 0.236 e. The van der Waals surface area contributed by atoms with Crippen LogP contribution in [0.3, 0.4) is 0 Å². The molecular formula is C48H67N5O16. The molecule has 0 bridgehead atoms. The van der Waals surface area contributed by atoms with E-state index in [1.165, 1.54) is 7.11 Å². The minimum Gasteiger partial charge on any atom is -0.497 e. The molecule has 3 aromatic rings. The van der Waals surface area contributed by atoms with Crippen LogP contribution in [-0.2, 0) is 54.1 Å². The Kier molecular flexibility index (Phi) is 22.3. The average molecular weight is 970 g/mol. The van der Waals surface area contributed by atoms with Crippen LogP contribution < -0.4 is 45.3 Å². The number of ether oxygens (including phenoxy) is 13. The zero-order chi connectivity index (χ0) is 48.6. The molecule has 2 heterocycles. The summed E-state index contributed by atoms with van der Waals surface area (Å²) in [6.45, 7) is 6.89. The van der Waals surface area contributed by atoms with Crippen LogP contribution in [0.2, 0.25) is 0 Å². The van der Waals surface area contributed by atoms with E-state index in [1.54, 1.807) is 14.2 Å². The third-order valence-corrected chi connectivity index (χ3v) is 11.5. The summed E-state index contributed by atoms with van der Waals surface area (Å²) in [6.07, 6.45) is 0.213. The fourth-order valence-corrected chi connectivity index (χ4v) is 8.16. The molecule has 0 unspecified atom stereocenters. The summed E-state index contributed by atoms with van der Waals surface area (Å²) in [5.41, 5.74) is 6.64. The van der Waals surface area contributed by atoms with Crippen molar-refractivity contribution in [1.29, 1.82) is 0 Å². The lowest BCUT2D eigenvalue weighted by Gasteiger charge is -2.38. The second-order valence-corrected chi connectivity index (χ2v) is 15.7. The first kappa shape index (κ1) is 53.0. The van der Waals surface area contributed by atoms with Gasteiger partial charge < -0.3 is 72.0 Å². The Morgan fingerprint density at radius 1 is 0.710 bits per heavy atom. The van der Waals surface area contributed by atoms with Gasteiger partial charge in [-0.3, -0.25) is 20.0 Å². The van der Waals surface area contributed by atoms with Gasteiger partial charge >= 0.3 is 0 Å². The molecule has 0 saturated carbocycles. The molecule has 380 valence electrons. The molecule has 3 aromatic carbocycles. The SMILES string of the molecule is COc1ccc(N2C[C@@H]3C(=N2)c2cc4c(cc2[C@@H](c2cc(CO)c(OC)c(OC)c2)[C@H]3C(=O)NCCOCCOCCOCCOCCOCCOCCOCCOCCC(=O)NN)OCO4)cc1. The number of aliphatic hydroxyl groups is 1. The number of carbonyl (C=O) groups is 2. The van der Waals surface area contributed by atoms with Crippen LogP contribution in [0.5, 0.6) is 28.7 Å². The molecular weight excluding hydrogens is 903 g/mol. The number of rotatable bonds is 34. The minimum absolute atomic E-state index is 0.0803. The molecule has 0 fully saturated rings. The predicted octanol–water partition coefficient (Wildman–Crippen LogP) is 2.16. The summed E-state index contributed by atoms with van der Waals surface area (Å²) in [5, 5.41) is 20.7. The Morgan fingerprint density at radius 3 is 1.78 bits per heavy atom. The normalized spacial score (nSPS) is 16.7. The maximum atomic E-state index is 14.7. The predicted molar refractivity (Wildman–Crippen MR) is 250 cm³/mol. The smallest absolute Gasteiger partial charge is 0.236 e. The highest BCUT2D eigenvalue weighted by Crippen LogP contribution is 2.51. The van der Waals surface area contributed by atoms with Crippen molar-refractivity contribution < 1.29 is 76.3 Å². The van der Waals surface area contributed by atoms with E-state index in [1.807, 2.05) is 59.0 Å². The van der Waals surface area contributed by atoms with Gasteiger partial charge in [0.2, 0.25) is 18.6 Å². The Balaban J connectivity index is 0.901. The monoisotopic (exact) mass is 969 g/mol. The van der Waals surface area contributed by atoms with Crippen LogP contribution in [-0.4, -0.2) is 170 Å². The van der Waals surface area contributed by atoms with E-state index in [-0.39, 0.29) is 50.7 Å². The lowest BCUT2D eigenvalue weighted by Crippen LogP contribution is -2.46. The van der Waals surface area contributed by atoms with E-state index in [0.717, 1.165) is 33.8 Å². The number of methoxy groups -OCH3 is 3. The zero-order valence-electron chi connectivity index (χ0n) is 39.7. The molecule has 3 atom stereocenters. The van der Waals surface area contributed by atoms with Gasteiger partial charge in [0.05, 0.1) is 164 Å². The quantitative estimate of drug-likeness (QED) is 0.0290. The zero-order valence-corrected chi connectivity index (χ0v) is 39.7. The average Bonchev–Trinajstić information content (AvgIpc) is 4.04. The van der Waals surface area contributed by atoms with Crippen LogP contribution in [0, 0.1) is 11.8 Å². The van der Waals surface area contributed by atoms with Crippen molar-refractivity contribution in [3.63, 3.8) is 0 Å². The number of hydrazine groups is 1. The Bertz CT molecular complexity index is 2050. The van der Waals surface area contributed by atoms with Gasteiger partial charge in [-0.25, -0.2) is 5.84 Å². The number of amides is 2. The molecule has 3 aliphatic rings. The highest BCUT2D eigenvalue weighted by atomic mass is 16.7. The summed E-state index contributed by atoms with van der Waals surface area (Å²) in [4.78, 5) is 25.7. The topological polar surface area (TPSA) is 240 Å². The summed E-state index contributed by atoms with van der Waals surface area (Å²) in [5.74, 6) is 5.83. The fraction of sp³-hybridized carbons (Fsp3) is 0.562. The van der Waals surface area contributed by atoms with Gasteiger partial charge in [-0.1, -0.05) is 0 Å². The van der Waals surface area contributed by atoms with Crippen molar-refractivity contribution >= 4 is 23.2 Å². The number of fused-ring (bicyclic) bond motifs is 4. The lowest BCUT2D eigenvalue weighted by atomic mass is 9.65. The molecule has 69 heavy (non-hydrogen) atoms. The Morgan fingerprint density at radius 2 is 1.26 bits per heavy atom. The van der Waals surface area contributed by atoms with Crippen LogP contribution in [0.1, 0.15) is 34.6 Å². The Hall–Kier alpha value is -5.33. The molecule has 2 aliphatic heterocycles. The van der Waals surface area contributed by atoms with E-state index < -0.39 is 11.8 Å². The molecule has 0 saturated heterocycles. The van der Waals surface area contributed by atoms with Gasteiger partial charge in [-0.2, -0.15) is 5.10 Å². The number of aliphatic hydroxyl groups excluding tert-OH is 1. The number of hydrogen-bond acceptors (Lipinski definition) is 19. The van der Waals surface area contributed by atoms with Crippen LogP contribution in [0.15, 0.2) is 53.6 Å². The van der Waals surface area contributed by atoms with Crippen LogP contribution in [0.25, 0.3) is 0 Å². The Labute approximate surface area is 402 Å². The van der Waals surface area contributed by atoms with Crippen molar-refractivity contribution in [3.8, 4) is 28.7 Å². The van der Waals surface area contributed by atoms with Gasteiger partial charge in [0.25, 0.3) is 0 Å². The third kappa shape index (κ3) is 15.3.